The zero-order valence-corrected chi connectivity index (χ0v) is 14.7. The van der Waals surface area contributed by atoms with E-state index in [-0.39, 0.29) is 11.3 Å². The van der Waals surface area contributed by atoms with Crippen LogP contribution in [-0.4, -0.2) is 33.2 Å². The second-order valence-electron chi connectivity index (χ2n) is 5.09. The van der Waals surface area contributed by atoms with Crippen molar-refractivity contribution in [2.24, 2.45) is 0 Å². The number of carbonyl (C=O) groups is 2. The minimum atomic E-state index is -3.46. The highest BCUT2D eigenvalue weighted by Crippen LogP contribution is 2.14. The van der Waals surface area contributed by atoms with Gasteiger partial charge in [0.15, 0.2) is 6.61 Å². The van der Waals surface area contributed by atoms with Gasteiger partial charge in [0, 0.05) is 16.4 Å². The first-order chi connectivity index (χ1) is 11.7. The molecule has 1 amide bonds. The first kappa shape index (κ1) is 18.8. The Balaban J connectivity index is 1.92. The quantitative estimate of drug-likeness (QED) is 0.747. The molecule has 7 nitrogen and oxygen atoms in total. The van der Waals surface area contributed by atoms with Gasteiger partial charge in [0.2, 0.25) is 10.0 Å². The summed E-state index contributed by atoms with van der Waals surface area (Å²) in [6, 6.07) is 12.2. The molecule has 0 atom stereocenters. The molecule has 0 fully saturated rings. The van der Waals surface area contributed by atoms with Crippen LogP contribution in [0.4, 0.5) is 11.4 Å². The number of hydrogen-bond donors (Lipinski definition) is 2. The molecule has 2 aromatic rings. The summed E-state index contributed by atoms with van der Waals surface area (Å²) >= 11 is 5.75. The van der Waals surface area contributed by atoms with Crippen LogP contribution in [0.5, 0.6) is 0 Å². The lowest BCUT2D eigenvalue weighted by Gasteiger charge is -2.08. The summed E-state index contributed by atoms with van der Waals surface area (Å²) < 4.78 is 29.6. The number of nitrogens with one attached hydrogen (secondary N) is 2. The third-order valence-electron chi connectivity index (χ3n) is 2.86. The molecule has 132 valence electrons. The summed E-state index contributed by atoms with van der Waals surface area (Å²) in [4.78, 5) is 23.7. The van der Waals surface area contributed by atoms with Crippen molar-refractivity contribution in [3.63, 3.8) is 0 Å². The Labute approximate surface area is 150 Å². The molecule has 25 heavy (non-hydrogen) atoms. The highest BCUT2D eigenvalue weighted by molar-refractivity contribution is 7.92. The lowest BCUT2D eigenvalue weighted by molar-refractivity contribution is -0.119. The van der Waals surface area contributed by atoms with E-state index in [9.17, 15) is 18.0 Å². The number of rotatable bonds is 6. The standard InChI is InChI=1S/C16H15ClN2O5S/c1-25(22,23)19-14-4-2-3-11(9-14)16(21)24-10-15(20)18-13-7-5-12(17)6-8-13/h2-9,19H,10H2,1H3,(H,18,20). The Bertz CT molecular complexity index is 882. The normalized spacial score (nSPS) is 10.8. The van der Waals surface area contributed by atoms with Crippen molar-refractivity contribution in [3.05, 3.63) is 59.1 Å². The number of carbonyl (C=O) groups excluding carboxylic acids is 2. The van der Waals surface area contributed by atoms with Crippen molar-refractivity contribution in [2.75, 3.05) is 22.9 Å². The lowest BCUT2D eigenvalue weighted by Crippen LogP contribution is -2.21. The molecule has 0 spiro atoms. The van der Waals surface area contributed by atoms with Crippen molar-refractivity contribution < 1.29 is 22.7 Å². The lowest BCUT2D eigenvalue weighted by atomic mass is 10.2. The molecule has 0 saturated heterocycles. The molecular weight excluding hydrogens is 368 g/mol. The van der Waals surface area contributed by atoms with E-state index in [1.807, 2.05) is 0 Å². The third kappa shape index (κ3) is 6.44. The summed E-state index contributed by atoms with van der Waals surface area (Å²) in [6.07, 6.45) is 0.999. The Morgan fingerprint density at radius 1 is 1.08 bits per heavy atom. The van der Waals surface area contributed by atoms with Gasteiger partial charge in [-0.05, 0) is 42.5 Å². The highest BCUT2D eigenvalue weighted by atomic mass is 35.5. The van der Waals surface area contributed by atoms with Gasteiger partial charge in [-0.1, -0.05) is 17.7 Å². The largest absolute Gasteiger partial charge is 0.452 e. The maximum absolute atomic E-state index is 12.0. The molecule has 2 rings (SSSR count). The summed E-state index contributed by atoms with van der Waals surface area (Å²) in [5.74, 6) is -1.26. The van der Waals surface area contributed by atoms with Crippen LogP contribution in [0.3, 0.4) is 0 Å². The van der Waals surface area contributed by atoms with Crippen LogP contribution in [0.15, 0.2) is 48.5 Å². The number of sulfonamides is 1. The number of anilines is 2. The van der Waals surface area contributed by atoms with Crippen molar-refractivity contribution in [1.29, 1.82) is 0 Å². The smallest absolute Gasteiger partial charge is 0.338 e. The predicted molar refractivity (Wildman–Crippen MR) is 95.3 cm³/mol. The van der Waals surface area contributed by atoms with Gasteiger partial charge in [-0.2, -0.15) is 0 Å². The van der Waals surface area contributed by atoms with E-state index in [1.165, 1.54) is 24.3 Å². The summed E-state index contributed by atoms with van der Waals surface area (Å²) in [7, 11) is -3.46. The second kappa shape index (κ2) is 8.00. The zero-order chi connectivity index (χ0) is 18.4. The van der Waals surface area contributed by atoms with E-state index in [0.29, 0.717) is 10.7 Å². The molecule has 2 aromatic carbocycles. The SMILES string of the molecule is CS(=O)(=O)Nc1cccc(C(=O)OCC(=O)Nc2ccc(Cl)cc2)c1. The Morgan fingerprint density at radius 3 is 2.40 bits per heavy atom. The number of esters is 1. The minimum Gasteiger partial charge on any atom is -0.452 e. The van der Waals surface area contributed by atoms with E-state index >= 15 is 0 Å². The van der Waals surface area contributed by atoms with Gasteiger partial charge < -0.3 is 10.1 Å². The summed E-state index contributed by atoms with van der Waals surface area (Å²) in [5, 5.41) is 3.09. The van der Waals surface area contributed by atoms with Gasteiger partial charge in [0.1, 0.15) is 0 Å². The monoisotopic (exact) mass is 382 g/mol. The van der Waals surface area contributed by atoms with Crippen molar-refractivity contribution in [3.8, 4) is 0 Å². The second-order valence-corrected chi connectivity index (χ2v) is 7.27. The Morgan fingerprint density at radius 2 is 1.76 bits per heavy atom. The summed E-state index contributed by atoms with van der Waals surface area (Å²) in [5.41, 5.74) is 0.861. The number of hydrogen-bond acceptors (Lipinski definition) is 5. The average molecular weight is 383 g/mol. The number of ether oxygens (including phenoxy) is 1. The molecule has 0 saturated carbocycles. The van der Waals surface area contributed by atoms with Gasteiger partial charge in [-0.15, -0.1) is 0 Å². The van der Waals surface area contributed by atoms with E-state index in [2.05, 4.69) is 10.0 Å². The topological polar surface area (TPSA) is 102 Å². The van der Waals surface area contributed by atoms with Gasteiger partial charge in [-0.3, -0.25) is 9.52 Å². The Kier molecular flexibility index (Phi) is 6.00. The molecular formula is C16H15ClN2O5S. The molecule has 2 N–H and O–H groups in total. The zero-order valence-electron chi connectivity index (χ0n) is 13.2. The molecule has 0 bridgehead atoms. The van der Waals surface area contributed by atoms with Crippen LogP contribution >= 0.6 is 11.6 Å². The van der Waals surface area contributed by atoms with Gasteiger partial charge in [-0.25, -0.2) is 13.2 Å². The maximum Gasteiger partial charge on any atom is 0.338 e. The van der Waals surface area contributed by atoms with Gasteiger partial charge in [0.25, 0.3) is 5.91 Å². The molecule has 0 radical (unpaired) electrons. The van der Waals surface area contributed by atoms with Crippen molar-refractivity contribution in [2.45, 2.75) is 0 Å². The predicted octanol–water partition coefficient (Wildman–Crippen LogP) is 2.51. The van der Waals surface area contributed by atoms with Gasteiger partial charge in [0.05, 0.1) is 11.8 Å². The Hall–Kier alpha value is -2.58. The van der Waals surface area contributed by atoms with E-state index in [4.69, 9.17) is 16.3 Å². The minimum absolute atomic E-state index is 0.118. The van der Waals surface area contributed by atoms with Crippen LogP contribution in [0.25, 0.3) is 0 Å². The number of halogens is 1. The number of benzene rings is 2. The average Bonchev–Trinajstić information content (AvgIpc) is 2.53. The summed E-state index contributed by atoms with van der Waals surface area (Å²) in [6.45, 7) is -0.481. The van der Waals surface area contributed by atoms with E-state index < -0.39 is 28.5 Å². The fourth-order valence-corrected chi connectivity index (χ4v) is 2.55. The molecule has 0 unspecified atom stereocenters. The fraction of sp³-hybridized carbons (Fsp3) is 0.125. The molecule has 0 aromatic heterocycles. The van der Waals surface area contributed by atoms with Crippen LogP contribution in [0.1, 0.15) is 10.4 Å². The first-order valence-corrected chi connectivity index (χ1v) is 9.30. The third-order valence-corrected chi connectivity index (χ3v) is 3.72. The van der Waals surface area contributed by atoms with Crippen molar-refractivity contribution in [1.82, 2.24) is 0 Å². The molecule has 0 heterocycles. The molecule has 9 heteroatoms. The van der Waals surface area contributed by atoms with Crippen LogP contribution < -0.4 is 10.0 Å². The van der Waals surface area contributed by atoms with E-state index in [0.717, 1.165) is 6.26 Å². The fourth-order valence-electron chi connectivity index (χ4n) is 1.87. The van der Waals surface area contributed by atoms with Gasteiger partial charge >= 0.3 is 5.97 Å². The maximum atomic E-state index is 12.0. The molecule has 0 aliphatic rings. The first-order valence-electron chi connectivity index (χ1n) is 7.03. The highest BCUT2D eigenvalue weighted by Gasteiger charge is 2.12. The van der Waals surface area contributed by atoms with Crippen molar-refractivity contribution >= 4 is 44.9 Å². The van der Waals surface area contributed by atoms with Crippen LogP contribution in [-0.2, 0) is 19.6 Å². The van der Waals surface area contributed by atoms with Crippen LogP contribution in [0, 0.1) is 0 Å². The molecule has 0 aliphatic heterocycles. The molecule has 0 aliphatic carbocycles. The van der Waals surface area contributed by atoms with Crippen LogP contribution in [0.2, 0.25) is 5.02 Å². The van der Waals surface area contributed by atoms with E-state index in [1.54, 1.807) is 24.3 Å². The number of amides is 1.